The molecule has 25 heavy (non-hydrogen) atoms. The molecule has 0 saturated carbocycles. The Labute approximate surface area is 146 Å². The Hall–Kier alpha value is -1.87. The van der Waals surface area contributed by atoms with Gasteiger partial charge in [0.15, 0.2) is 5.52 Å². The van der Waals surface area contributed by atoms with Crippen molar-refractivity contribution in [2.24, 2.45) is 0 Å². The van der Waals surface area contributed by atoms with E-state index in [0.717, 1.165) is 19.3 Å². The summed E-state index contributed by atoms with van der Waals surface area (Å²) in [5.74, 6) is -4.07. The van der Waals surface area contributed by atoms with Gasteiger partial charge in [-0.25, -0.2) is 0 Å². The van der Waals surface area contributed by atoms with Gasteiger partial charge in [0, 0.05) is 5.56 Å². The van der Waals surface area contributed by atoms with E-state index in [2.05, 4.69) is 6.92 Å². The SMILES string of the molecule is CCCCCOc1ccc(P(C(=O)c2ccccc2)C(F)(F)F)cc1. The first-order valence-electron chi connectivity index (χ1n) is 8.12. The fourth-order valence-corrected chi connectivity index (χ4v) is 3.93. The van der Waals surface area contributed by atoms with Crippen LogP contribution >= 0.6 is 7.92 Å². The van der Waals surface area contributed by atoms with Gasteiger partial charge in [-0.15, -0.1) is 0 Å². The van der Waals surface area contributed by atoms with Crippen molar-refractivity contribution in [3.63, 3.8) is 0 Å². The number of carbonyl (C=O) groups excluding carboxylic acids is 1. The molecule has 0 aliphatic heterocycles. The van der Waals surface area contributed by atoms with E-state index >= 15 is 0 Å². The van der Waals surface area contributed by atoms with Gasteiger partial charge in [-0.05, 0) is 23.9 Å². The number of hydrogen-bond acceptors (Lipinski definition) is 2. The van der Waals surface area contributed by atoms with Gasteiger partial charge in [-0.3, -0.25) is 4.79 Å². The van der Waals surface area contributed by atoms with E-state index in [4.69, 9.17) is 4.74 Å². The highest BCUT2D eigenvalue weighted by Crippen LogP contribution is 2.54. The van der Waals surface area contributed by atoms with Crippen LogP contribution in [0.3, 0.4) is 0 Å². The zero-order chi connectivity index (χ0) is 18.3. The van der Waals surface area contributed by atoms with Crippen molar-refractivity contribution in [3.05, 3.63) is 60.2 Å². The van der Waals surface area contributed by atoms with Gasteiger partial charge in [0.25, 0.3) is 0 Å². The molecule has 0 aliphatic carbocycles. The molecular formula is C19H20F3O2P. The van der Waals surface area contributed by atoms with Crippen LogP contribution < -0.4 is 10.0 Å². The summed E-state index contributed by atoms with van der Waals surface area (Å²) in [5, 5.41) is -0.0164. The predicted octanol–water partition coefficient (Wildman–Crippen LogP) is 5.72. The van der Waals surface area contributed by atoms with Crippen LogP contribution in [0, 0.1) is 0 Å². The summed E-state index contributed by atoms with van der Waals surface area (Å²) in [6.45, 7) is 2.61. The van der Waals surface area contributed by atoms with Gasteiger partial charge >= 0.3 is 5.92 Å². The smallest absolute Gasteiger partial charge is 0.416 e. The molecule has 0 heterocycles. The van der Waals surface area contributed by atoms with E-state index < -0.39 is 19.4 Å². The number of unbranched alkanes of at least 4 members (excludes halogenated alkanes) is 2. The molecule has 0 spiro atoms. The van der Waals surface area contributed by atoms with E-state index in [9.17, 15) is 18.0 Å². The van der Waals surface area contributed by atoms with Crippen LogP contribution in [-0.2, 0) is 0 Å². The summed E-state index contributed by atoms with van der Waals surface area (Å²) in [6.07, 6.45) is 3.02. The second-order valence-corrected chi connectivity index (χ2v) is 7.62. The van der Waals surface area contributed by atoms with E-state index in [1.54, 1.807) is 18.2 Å². The molecule has 0 aromatic heterocycles. The van der Waals surface area contributed by atoms with Crippen LogP contribution in [0.5, 0.6) is 5.75 Å². The van der Waals surface area contributed by atoms with E-state index in [0.29, 0.717) is 12.4 Å². The first-order chi connectivity index (χ1) is 11.9. The number of ether oxygens (including phenoxy) is 1. The Bertz CT molecular complexity index is 669. The van der Waals surface area contributed by atoms with E-state index in [1.807, 2.05) is 0 Å². The maximum atomic E-state index is 13.5. The summed E-state index contributed by atoms with van der Waals surface area (Å²) in [6, 6.07) is 13.3. The molecule has 0 amide bonds. The first kappa shape index (κ1) is 19.5. The lowest BCUT2D eigenvalue weighted by Crippen LogP contribution is -2.21. The molecule has 0 radical (unpaired) electrons. The molecule has 134 valence electrons. The molecule has 0 fully saturated rings. The number of carbonyl (C=O) groups is 1. The highest BCUT2D eigenvalue weighted by molar-refractivity contribution is 7.82. The molecule has 1 unspecified atom stereocenters. The average Bonchev–Trinajstić information content (AvgIpc) is 2.60. The molecule has 2 rings (SSSR count). The standard InChI is InChI=1S/C19H20F3O2P/c1-2-3-7-14-24-16-10-12-17(13-11-16)25(19(20,21)22)18(23)15-8-5-4-6-9-15/h4-6,8-13H,2-3,7,14H2,1H3. The van der Waals surface area contributed by atoms with Crippen LogP contribution in [0.15, 0.2) is 54.6 Å². The largest absolute Gasteiger partial charge is 0.494 e. The summed E-state index contributed by atoms with van der Waals surface area (Å²) < 4.78 is 46.0. The zero-order valence-electron chi connectivity index (χ0n) is 13.9. The van der Waals surface area contributed by atoms with Gasteiger partial charge in [0.2, 0.25) is 0 Å². The Morgan fingerprint density at radius 1 is 1.00 bits per heavy atom. The van der Waals surface area contributed by atoms with Crippen LogP contribution in [0.25, 0.3) is 0 Å². The molecule has 0 bridgehead atoms. The molecule has 1 atom stereocenters. The average molecular weight is 368 g/mol. The number of halogens is 3. The number of benzene rings is 2. The Kier molecular flexibility index (Phi) is 7.01. The maximum Gasteiger partial charge on any atom is 0.416 e. The lowest BCUT2D eigenvalue weighted by Gasteiger charge is -2.20. The summed E-state index contributed by atoms with van der Waals surface area (Å²) in [5.41, 5.74) is -0.814. The molecular weight excluding hydrogens is 348 g/mol. The highest BCUT2D eigenvalue weighted by atomic mass is 31.1. The second-order valence-electron chi connectivity index (χ2n) is 5.52. The monoisotopic (exact) mass is 368 g/mol. The molecule has 0 saturated heterocycles. The fraction of sp³-hybridized carbons (Fsp3) is 0.316. The van der Waals surface area contributed by atoms with Gasteiger partial charge in [-0.2, -0.15) is 13.2 Å². The third kappa shape index (κ3) is 5.57. The van der Waals surface area contributed by atoms with Gasteiger partial charge in [-0.1, -0.05) is 62.2 Å². The zero-order valence-corrected chi connectivity index (χ0v) is 14.8. The van der Waals surface area contributed by atoms with Crippen LogP contribution in [0.2, 0.25) is 0 Å². The Balaban J connectivity index is 2.17. The first-order valence-corrected chi connectivity index (χ1v) is 9.47. The van der Waals surface area contributed by atoms with Crippen molar-refractivity contribution in [2.45, 2.75) is 32.1 Å². The van der Waals surface area contributed by atoms with Crippen molar-refractivity contribution in [1.82, 2.24) is 0 Å². The van der Waals surface area contributed by atoms with Crippen LogP contribution in [0.4, 0.5) is 13.2 Å². The quantitative estimate of drug-likeness (QED) is 0.440. The summed E-state index contributed by atoms with van der Waals surface area (Å²) >= 11 is 0. The summed E-state index contributed by atoms with van der Waals surface area (Å²) in [7, 11) is -2.96. The minimum Gasteiger partial charge on any atom is -0.494 e. The molecule has 2 aromatic rings. The predicted molar refractivity (Wildman–Crippen MR) is 94.8 cm³/mol. The second kappa shape index (κ2) is 9.00. The van der Waals surface area contributed by atoms with Crippen molar-refractivity contribution in [3.8, 4) is 5.75 Å². The van der Waals surface area contributed by atoms with Crippen LogP contribution in [0.1, 0.15) is 36.5 Å². The van der Waals surface area contributed by atoms with Crippen LogP contribution in [-0.4, -0.2) is 18.0 Å². The fourth-order valence-electron chi connectivity index (χ4n) is 2.32. The molecule has 0 aliphatic rings. The lowest BCUT2D eigenvalue weighted by molar-refractivity contribution is -0.0384. The number of alkyl halides is 3. The topological polar surface area (TPSA) is 26.3 Å². The van der Waals surface area contributed by atoms with E-state index in [1.165, 1.54) is 36.4 Å². The van der Waals surface area contributed by atoms with Gasteiger partial charge in [0.1, 0.15) is 13.7 Å². The Morgan fingerprint density at radius 3 is 2.20 bits per heavy atom. The van der Waals surface area contributed by atoms with E-state index in [-0.39, 0.29) is 10.9 Å². The summed E-state index contributed by atoms with van der Waals surface area (Å²) in [4.78, 5) is 12.4. The molecule has 6 heteroatoms. The normalized spacial score (nSPS) is 12.6. The number of hydrogen-bond donors (Lipinski definition) is 0. The third-order valence-electron chi connectivity index (χ3n) is 3.59. The Morgan fingerprint density at radius 2 is 1.64 bits per heavy atom. The molecule has 0 N–H and O–H groups in total. The minimum atomic E-state index is -4.59. The number of rotatable bonds is 8. The van der Waals surface area contributed by atoms with Crippen molar-refractivity contribution in [2.75, 3.05) is 6.61 Å². The highest BCUT2D eigenvalue weighted by Gasteiger charge is 2.46. The van der Waals surface area contributed by atoms with Gasteiger partial charge in [0.05, 0.1) is 6.61 Å². The van der Waals surface area contributed by atoms with Crippen molar-refractivity contribution in [1.29, 1.82) is 0 Å². The molecule has 2 nitrogen and oxygen atoms in total. The minimum absolute atomic E-state index is 0.0164. The third-order valence-corrected chi connectivity index (χ3v) is 5.57. The molecule has 2 aromatic carbocycles. The lowest BCUT2D eigenvalue weighted by atomic mass is 10.2. The van der Waals surface area contributed by atoms with Crippen molar-refractivity contribution < 1.29 is 22.7 Å². The maximum absolute atomic E-state index is 13.5. The van der Waals surface area contributed by atoms with Gasteiger partial charge < -0.3 is 4.74 Å². The van der Waals surface area contributed by atoms with Crippen molar-refractivity contribution >= 4 is 18.8 Å².